The maximum atomic E-state index is 6.74. The van der Waals surface area contributed by atoms with Crippen molar-refractivity contribution in [2.45, 2.75) is 109 Å². The molecule has 0 N–H and O–H groups in total. The van der Waals surface area contributed by atoms with Crippen LogP contribution in [-0.2, 0) is 8.85 Å². The molecular formula is C20H41ClO2Si2. The van der Waals surface area contributed by atoms with Gasteiger partial charge in [0.1, 0.15) is 0 Å². The number of hydrogen-bond donors (Lipinski definition) is 0. The van der Waals surface area contributed by atoms with E-state index in [1.807, 2.05) is 0 Å². The molecule has 1 aliphatic rings. The average molecular weight is 405 g/mol. The van der Waals surface area contributed by atoms with Crippen molar-refractivity contribution >= 4 is 28.2 Å². The number of halogens is 1. The van der Waals surface area contributed by atoms with Gasteiger partial charge in [-0.1, -0.05) is 53.2 Å². The van der Waals surface area contributed by atoms with Gasteiger partial charge in [-0.25, -0.2) is 0 Å². The number of allylic oxidation sites excluding steroid dienone is 1. The summed E-state index contributed by atoms with van der Waals surface area (Å²) >= 11 is 6.00. The molecule has 0 aliphatic heterocycles. The van der Waals surface area contributed by atoms with Crippen molar-refractivity contribution in [3.05, 3.63) is 11.6 Å². The van der Waals surface area contributed by atoms with Gasteiger partial charge >= 0.3 is 0 Å². The minimum absolute atomic E-state index is 0.233. The van der Waals surface area contributed by atoms with E-state index in [0.717, 1.165) is 19.3 Å². The molecule has 0 aromatic heterocycles. The second-order valence-corrected chi connectivity index (χ2v) is 20.5. The summed E-state index contributed by atoms with van der Waals surface area (Å²) in [5.41, 5.74) is 1.41. The van der Waals surface area contributed by atoms with Gasteiger partial charge in [0.15, 0.2) is 16.6 Å². The van der Waals surface area contributed by atoms with Gasteiger partial charge in [0.05, 0.1) is 12.2 Å². The molecule has 2 unspecified atom stereocenters. The lowest BCUT2D eigenvalue weighted by atomic mass is 9.90. The molecule has 0 heterocycles. The number of alkyl halides is 1. The summed E-state index contributed by atoms with van der Waals surface area (Å²) in [6.45, 7) is 23.2. The zero-order valence-corrected chi connectivity index (χ0v) is 21.0. The lowest BCUT2D eigenvalue weighted by Gasteiger charge is -2.45. The highest BCUT2D eigenvalue weighted by molar-refractivity contribution is 6.74. The van der Waals surface area contributed by atoms with E-state index < -0.39 is 16.6 Å². The largest absolute Gasteiger partial charge is 0.414 e. The zero-order valence-electron chi connectivity index (χ0n) is 18.3. The van der Waals surface area contributed by atoms with Crippen LogP contribution in [0.5, 0.6) is 0 Å². The van der Waals surface area contributed by atoms with Gasteiger partial charge in [-0.15, -0.1) is 11.6 Å². The van der Waals surface area contributed by atoms with E-state index in [-0.39, 0.29) is 22.3 Å². The third-order valence-electron chi connectivity index (χ3n) is 6.41. The monoisotopic (exact) mass is 404 g/mol. The SMILES string of the molecule is CC(C)(C)[Si](C)(C)OC1CC(=CCCl)CC(O[Si](C)(C)C(C)(C)C)C1. The van der Waals surface area contributed by atoms with Gasteiger partial charge in [-0.3, -0.25) is 0 Å². The molecule has 25 heavy (non-hydrogen) atoms. The van der Waals surface area contributed by atoms with Crippen LogP contribution in [0.3, 0.4) is 0 Å². The molecule has 1 saturated carbocycles. The normalized spacial score (nSPS) is 23.7. The highest BCUT2D eigenvalue weighted by atomic mass is 35.5. The lowest BCUT2D eigenvalue weighted by Crippen LogP contribution is -2.48. The minimum atomic E-state index is -1.77. The van der Waals surface area contributed by atoms with Crippen LogP contribution in [0.2, 0.25) is 36.3 Å². The summed E-state index contributed by atoms with van der Waals surface area (Å²) in [4.78, 5) is 0. The third kappa shape index (κ3) is 6.49. The first-order chi connectivity index (χ1) is 11.1. The molecular weight excluding hydrogens is 364 g/mol. The van der Waals surface area contributed by atoms with Gasteiger partial charge in [-0.2, -0.15) is 0 Å². The Morgan fingerprint density at radius 1 is 0.880 bits per heavy atom. The van der Waals surface area contributed by atoms with Crippen molar-refractivity contribution < 1.29 is 8.85 Å². The molecule has 0 aromatic rings. The van der Waals surface area contributed by atoms with Crippen LogP contribution in [0.1, 0.15) is 60.8 Å². The molecule has 2 nitrogen and oxygen atoms in total. The Bertz CT molecular complexity index is 435. The fourth-order valence-electron chi connectivity index (χ4n) is 2.77. The Labute approximate surface area is 164 Å². The first-order valence-electron chi connectivity index (χ1n) is 9.68. The summed E-state index contributed by atoms with van der Waals surface area (Å²) in [5, 5.41) is 0.465. The van der Waals surface area contributed by atoms with Gasteiger partial charge in [0.2, 0.25) is 0 Å². The number of rotatable bonds is 5. The van der Waals surface area contributed by atoms with E-state index in [1.54, 1.807) is 0 Å². The lowest BCUT2D eigenvalue weighted by molar-refractivity contribution is 0.0725. The van der Waals surface area contributed by atoms with Crippen LogP contribution in [0, 0.1) is 0 Å². The summed E-state index contributed by atoms with van der Waals surface area (Å²) in [7, 11) is -3.55. The Morgan fingerprint density at radius 3 is 1.52 bits per heavy atom. The number of hydrogen-bond acceptors (Lipinski definition) is 2. The predicted octanol–water partition coefficient (Wildman–Crippen LogP) is 7.12. The molecule has 0 saturated heterocycles. The Balaban J connectivity index is 2.94. The molecule has 1 fully saturated rings. The minimum Gasteiger partial charge on any atom is -0.414 e. The van der Waals surface area contributed by atoms with Crippen LogP contribution >= 0.6 is 11.6 Å². The topological polar surface area (TPSA) is 18.5 Å². The van der Waals surface area contributed by atoms with Gasteiger partial charge in [0, 0.05) is 5.88 Å². The third-order valence-corrected chi connectivity index (χ3v) is 15.6. The predicted molar refractivity (Wildman–Crippen MR) is 117 cm³/mol. The van der Waals surface area contributed by atoms with E-state index in [2.05, 4.69) is 73.8 Å². The fourth-order valence-corrected chi connectivity index (χ4v) is 5.72. The molecule has 1 rings (SSSR count). The molecule has 0 spiro atoms. The van der Waals surface area contributed by atoms with E-state index in [0.29, 0.717) is 5.88 Å². The standard InChI is InChI=1S/C20H41ClO2Si2/c1-19(2,3)24(7,8)22-17-13-16(11-12-21)14-18(15-17)23-25(9,10)20(4,5)6/h11,17-18H,12-15H2,1-10H3. The summed E-state index contributed by atoms with van der Waals surface area (Å²) in [5.74, 6) is 0.578. The van der Waals surface area contributed by atoms with Crippen molar-refractivity contribution in [1.29, 1.82) is 0 Å². The van der Waals surface area contributed by atoms with Crippen LogP contribution in [-0.4, -0.2) is 34.7 Å². The van der Waals surface area contributed by atoms with Crippen molar-refractivity contribution in [1.82, 2.24) is 0 Å². The smallest absolute Gasteiger partial charge is 0.192 e. The molecule has 1 aliphatic carbocycles. The fraction of sp³-hybridized carbons (Fsp3) is 0.900. The molecule has 0 amide bonds. The first-order valence-corrected chi connectivity index (χ1v) is 16.0. The first kappa shape index (κ1) is 23.4. The van der Waals surface area contributed by atoms with Crippen LogP contribution in [0.25, 0.3) is 0 Å². The second kappa shape index (κ2) is 8.18. The van der Waals surface area contributed by atoms with Gasteiger partial charge in [-0.05, 0) is 55.5 Å². The molecule has 5 heteroatoms. The van der Waals surface area contributed by atoms with Crippen molar-refractivity contribution in [2.75, 3.05) is 5.88 Å². The quantitative estimate of drug-likeness (QED) is 0.276. The Hall–Kier alpha value is 0.384. The summed E-state index contributed by atoms with van der Waals surface area (Å²) in [6.07, 6.45) is 5.73. The highest BCUT2D eigenvalue weighted by Gasteiger charge is 2.43. The Morgan fingerprint density at radius 2 is 1.24 bits per heavy atom. The average Bonchev–Trinajstić information content (AvgIpc) is 2.34. The Kier molecular flexibility index (Phi) is 7.66. The molecule has 0 radical (unpaired) electrons. The van der Waals surface area contributed by atoms with Gasteiger partial charge < -0.3 is 8.85 Å². The zero-order chi connectivity index (χ0) is 19.7. The summed E-state index contributed by atoms with van der Waals surface area (Å²) in [6, 6.07) is 0. The van der Waals surface area contributed by atoms with Gasteiger partial charge in [0.25, 0.3) is 0 Å². The van der Waals surface area contributed by atoms with E-state index in [9.17, 15) is 0 Å². The van der Waals surface area contributed by atoms with E-state index in [4.69, 9.17) is 20.5 Å². The molecule has 0 bridgehead atoms. The maximum absolute atomic E-state index is 6.74. The molecule has 0 aromatic carbocycles. The van der Waals surface area contributed by atoms with E-state index >= 15 is 0 Å². The highest BCUT2D eigenvalue weighted by Crippen LogP contribution is 2.42. The van der Waals surface area contributed by atoms with Crippen molar-refractivity contribution in [2.24, 2.45) is 0 Å². The molecule has 2 atom stereocenters. The molecule has 148 valence electrons. The van der Waals surface area contributed by atoms with Crippen molar-refractivity contribution in [3.63, 3.8) is 0 Å². The van der Waals surface area contributed by atoms with Crippen LogP contribution < -0.4 is 0 Å². The van der Waals surface area contributed by atoms with E-state index in [1.165, 1.54) is 5.57 Å². The van der Waals surface area contributed by atoms with Crippen molar-refractivity contribution in [3.8, 4) is 0 Å². The second-order valence-electron chi connectivity index (χ2n) is 10.7. The van der Waals surface area contributed by atoms with Crippen LogP contribution in [0.4, 0.5) is 0 Å². The van der Waals surface area contributed by atoms with Crippen LogP contribution in [0.15, 0.2) is 11.6 Å². The maximum Gasteiger partial charge on any atom is 0.192 e. The summed E-state index contributed by atoms with van der Waals surface area (Å²) < 4.78 is 13.5.